The van der Waals surface area contributed by atoms with Crippen molar-refractivity contribution in [1.29, 1.82) is 0 Å². The minimum Gasteiger partial charge on any atom is -0.494 e. The molecule has 1 aromatic carbocycles. The molecule has 0 unspecified atom stereocenters. The van der Waals surface area contributed by atoms with Gasteiger partial charge in [0.05, 0.1) is 13.2 Å². The maximum Gasteiger partial charge on any atom is 0.410 e. The molecule has 0 bridgehead atoms. The van der Waals surface area contributed by atoms with Crippen molar-refractivity contribution in [3.63, 3.8) is 0 Å². The summed E-state index contributed by atoms with van der Waals surface area (Å²) in [6.45, 7) is 10.9. The van der Waals surface area contributed by atoms with E-state index in [1.165, 1.54) is 0 Å². The number of nitrogens with zero attached hydrogens (tertiary/aromatic N) is 1. The largest absolute Gasteiger partial charge is 0.494 e. The van der Waals surface area contributed by atoms with Gasteiger partial charge in [-0.15, -0.1) is 0 Å². The first-order valence-corrected chi connectivity index (χ1v) is 7.26. The molecule has 0 saturated heterocycles. The lowest BCUT2D eigenvalue weighted by Gasteiger charge is -2.27. The minimum atomic E-state index is -0.511. The van der Waals surface area contributed by atoms with Gasteiger partial charge in [0.2, 0.25) is 0 Å². The molecule has 0 atom stereocenters. The molecule has 1 amide bonds. The molecule has 0 aliphatic rings. The van der Waals surface area contributed by atoms with Crippen LogP contribution >= 0.6 is 0 Å². The van der Waals surface area contributed by atoms with Gasteiger partial charge in [-0.2, -0.15) is 0 Å². The second kappa shape index (κ2) is 7.20. The molecule has 2 N–H and O–H groups in total. The molecule has 0 aromatic heterocycles. The van der Waals surface area contributed by atoms with Crippen molar-refractivity contribution in [3.8, 4) is 5.75 Å². The third-order valence-electron chi connectivity index (χ3n) is 2.78. The van der Waals surface area contributed by atoms with E-state index in [1.54, 1.807) is 11.0 Å². The van der Waals surface area contributed by atoms with E-state index in [9.17, 15) is 4.79 Å². The first-order chi connectivity index (χ1) is 9.76. The maximum atomic E-state index is 12.2. The van der Waals surface area contributed by atoms with Gasteiger partial charge in [0, 0.05) is 17.8 Å². The molecule has 0 heterocycles. The average molecular weight is 294 g/mol. The molecule has 0 aliphatic carbocycles. The molecule has 0 aliphatic heterocycles. The van der Waals surface area contributed by atoms with Crippen molar-refractivity contribution in [2.24, 2.45) is 0 Å². The Hall–Kier alpha value is -1.91. The van der Waals surface area contributed by atoms with Crippen LogP contribution in [0.2, 0.25) is 0 Å². The SMILES string of the molecule is CCOc1ccc(N)cc1CN(CC)C(=O)OC(C)(C)C. The van der Waals surface area contributed by atoms with Crippen LogP contribution in [0, 0.1) is 0 Å². The molecule has 1 rings (SSSR count). The van der Waals surface area contributed by atoms with Crippen LogP contribution in [-0.4, -0.2) is 29.7 Å². The van der Waals surface area contributed by atoms with Crippen molar-refractivity contribution in [1.82, 2.24) is 4.90 Å². The van der Waals surface area contributed by atoms with Crippen LogP contribution in [0.1, 0.15) is 40.2 Å². The van der Waals surface area contributed by atoms with E-state index >= 15 is 0 Å². The summed E-state index contributed by atoms with van der Waals surface area (Å²) in [7, 11) is 0. The van der Waals surface area contributed by atoms with Gasteiger partial charge in [-0.3, -0.25) is 0 Å². The Morgan fingerprint density at radius 1 is 1.29 bits per heavy atom. The second-order valence-corrected chi connectivity index (χ2v) is 5.79. The van der Waals surface area contributed by atoms with Crippen LogP contribution in [0.5, 0.6) is 5.75 Å². The van der Waals surface area contributed by atoms with Gasteiger partial charge in [0.15, 0.2) is 0 Å². The number of anilines is 1. The first kappa shape index (κ1) is 17.1. The Labute approximate surface area is 127 Å². The van der Waals surface area contributed by atoms with Crippen LogP contribution in [0.3, 0.4) is 0 Å². The summed E-state index contributed by atoms with van der Waals surface area (Å²) in [6.07, 6.45) is -0.338. The zero-order chi connectivity index (χ0) is 16.0. The van der Waals surface area contributed by atoms with E-state index in [-0.39, 0.29) is 6.09 Å². The molecule has 5 nitrogen and oxygen atoms in total. The fourth-order valence-corrected chi connectivity index (χ4v) is 1.86. The van der Waals surface area contributed by atoms with Crippen molar-refractivity contribution in [3.05, 3.63) is 23.8 Å². The van der Waals surface area contributed by atoms with E-state index in [1.807, 2.05) is 46.8 Å². The number of carbonyl (C=O) groups excluding carboxylic acids is 1. The Morgan fingerprint density at radius 3 is 2.48 bits per heavy atom. The van der Waals surface area contributed by atoms with Gasteiger partial charge in [0.1, 0.15) is 11.4 Å². The summed E-state index contributed by atoms with van der Waals surface area (Å²) < 4.78 is 11.0. The molecule has 0 radical (unpaired) electrons. The van der Waals surface area contributed by atoms with Crippen molar-refractivity contribution < 1.29 is 14.3 Å². The van der Waals surface area contributed by atoms with E-state index in [2.05, 4.69) is 0 Å². The highest BCUT2D eigenvalue weighted by Gasteiger charge is 2.22. The fraction of sp³-hybridized carbons (Fsp3) is 0.562. The van der Waals surface area contributed by atoms with Gasteiger partial charge in [-0.25, -0.2) is 4.79 Å². The minimum absolute atomic E-state index is 0.338. The highest BCUT2D eigenvalue weighted by molar-refractivity contribution is 5.68. The molecule has 118 valence electrons. The van der Waals surface area contributed by atoms with Gasteiger partial charge in [-0.1, -0.05) is 0 Å². The zero-order valence-electron chi connectivity index (χ0n) is 13.6. The maximum absolute atomic E-state index is 12.2. The number of hydrogen-bond acceptors (Lipinski definition) is 4. The van der Waals surface area contributed by atoms with Crippen molar-refractivity contribution in [2.45, 2.75) is 46.8 Å². The number of nitrogens with two attached hydrogens (primary N) is 1. The Balaban J connectivity index is 2.90. The quantitative estimate of drug-likeness (QED) is 0.845. The van der Waals surface area contributed by atoms with Crippen LogP contribution in [0.4, 0.5) is 10.5 Å². The smallest absolute Gasteiger partial charge is 0.410 e. The van der Waals surface area contributed by atoms with Gasteiger partial charge < -0.3 is 20.1 Å². The van der Waals surface area contributed by atoms with E-state index in [4.69, 9.17) is 15.2 Å². The van der Waals surface area contributed by atoms with Crippen LogP contribution in [-0.2, 0) is 11.3 Å². The average Bonchev–Trinajstić information content (AvgIpc) is 2.36. The fourth-order valence-electron chi connectivity index (χ4n) is 1.86. The molecule has 21 heavy (non-hydrogen) atoms. The predicted molar refractivity (Wildman–Crippen MR) is 84.3 cm³/mol. The summed E-state index contributed by atoms with van der Waals surface area (Å²) in [4.78, 5) is 13.8. The van der Waals surface area contributed by atoms with Gasteiger partial charge in [-0.05, 0) is 52.8 Å². The Kier molecular flexibility index (Phi) is 5.88. The number of hydrogen-bond donors (Lipinski definition) is 1. The highest BCUT2D eigenvalue weighted by Crippen LogP contribution is 2.24. The van der Waals surface area contributed by atoms with E-state index in [0.29, 0.717) is 25.4 Å². The van der Waals surface area contributed by atoms with Crippen LogP contribution in [0.25, 0.3) is 0 Å². The molecular weight excluding hydrogens is 268 g/mol. The number of nitrogen functional groups attached to an aromatic ring is 1. The number of amides is 1. The number of ether oxygens (including phenoxy) is 2. The lowest BCUT2D eigenvalue weighted by molar-refractivity contribution is 0.0243. The normalized spacial score (nSPS) is 11.1. The molecule has 0 saturated carbocycles. The summed E-state index contributed by atoms with van der Waals surface area (Å²) >= 11 is 0. The second-order valence-electron chi connectivity index (χ2n) is 5.79. The third-order valence-corrected chi connectivity index (χ3v) is 2.78. The van der Waals surface area contributed by atoms with E-state index in [0.717, 1.165) is 11.3 Å². The lowest BCUT2D eigenvalue weighted by atomic mass is 10.1. The topological polar surface area (TPSA) is 64.8 Å². The van der Waals surface area contributed by atoms with Crippen molar-refractivity contribution >= 4 is 11.8 Å². The third kappa shape index (κ3) is 5.53. The van der Waals surface area contributed by atoms with Crippen molar-refractivity contribution in [2.75, 3.05) is 18.9 Å². The standard InChI is InChI=1S/C16H26N2O3/c1-6-18(15(19)21-16(3,4)5)11-12-10-13(17)8-9-14(12)20-7-2/h8-10H,6-7,11,17H2,1-5H3. The molecule has 5 heteroatoms. The van der Waals surface area contributed by atoms with Crippen LogP contribution in [0.15, 0.2) is 18.2 Å². The predicted octanol–water partition coefficient (Wildman–Crippen LogP) is 3.42. The Bertz CT molecular complexity index is 481. The monoisotopic (exact) mass is 294 g/mol. The zero-order valence-corrected chi connectivity index (χ0v) is 13.6. The van der Waals surface area contributed by atoms with Gasteiger partial charge in [0.25, 0.3) is 0 Å². The number of carbonyl (C=O) groups is 1. The highest BCUT2D eigenvalue weighted by atomic mass is 16.6. The summed E-state index contributed by atoms with van der Waals surface area (Å²) in [5.41, 5.74) is 6.84. The summed E-state index contributed by atoms with van der Waals surface area (Å²) in [5.74, 6) is 0.744. The number of benzene rings is 1. The summed E-state index contributed by atoms with van der Waals surface area (Å²) in [5, 5.41) is 0. The Morgan fingerprint density at radius 2 is 1.95 bits per heavy atom. The first-order valence-electron chi connectivity index (χ1n) is 7.26. The van der Waals surface area contributed by atoms with E-state index < -0.39 is 5.60 Å². The van der Waals surface area contributed by atoms with Crippen LogP contribution < -0.4 is 10.5 Å². The summed E-state index contributed by atoms with van der Waals surface area (Å²) in [6, 6.07) is 5.45. The number of rotatable bonds is 5. The molecule has 1 aromatic rings. The lowest BCUT2D eigenvalue weighted by Crippen LogP contribution is -2.36. The molecular formula is C16H26N2O3. The molecule has 0 spiro atoms. The van der Waals surface area contributed by atoms with Gasteiger partial charge >= 0.3 is 6.09 Å². The molecule has 0 fully saturated rings.